The van der Waals surface area contributed by atoms with E-state index in [1.165, 1.54) is 12.8 Å². The van der Waals surface area contributed by atoms with E-state index in [1.807, 2.05) is 12.1 Å². The minimum atomic E-state index is 0.665. The molecule has 88 valence electrons. The Bertz CT molecular complexity index is 503. The van der Waals surface area contributed by atoms with E-state index in [1.54, 1.807) is 17.2 Å². The Morgan fingerprint density at radius 2 is 2.24 bits per heavy atom. The zero-order valence-electron chi connectivity index (χ0n) is 9.17. The first-order chi connectivity index (χ1) is 8.33. The van der Waals surface area contributed by atoms with Crippen LogP contribution in [0.25, 0.3) is 5.82 Å². The van der Waals surface area contributed by atoms with Crippen molar-refractivity contribution in [1.82, 2.24) is 25.1 Å². The van der Waals surface area contributed by atoms with Gasteiger partial charge in [0, 0.05) is 16.7 Å². The fourth-order valence-corrected chi connectivity index (χ4v) is 1.83. The largest absolute Gasteiger partial charge is 0.307 e. The molecule has 2 aromatic heterocycles. The number of halogens is 1. The average molecular weight is 294 g/mol. The Kier molecular flexibility index (Phi) is 2.90. The van der Waals surface area contributed by atoms with E-state index in [-0.39, 0.29) is 0 Å². The van der Waals surface area contributed by atoms with Gasteiger partial charge in [-0.3, -0.25) is 0 Å². The molecule has 0 unspecified atom stereocenters. The number of hydrogen-bond donors (Lipinski definition) is 1. The molecule has 1 aliphatic carbocycles. The number of nitrogens with one attached hydrogen (secondary N) is 1. The fraction of sp³-hybridized carbons (Fsp3) is 0.364. The van der Waals surface area contributed by atoms with Crippen molar-refractivity contribution >= 4 is 15.9 Å². The Morgan fingerprint density at radius 1 is 1.35 bits per heavy atom. The van der Waals surface area contributed by atoms with Gasteiger partial charge in [-0.1, -0.05) is 0 Å². The summed E-state index contributed by atoms with van der Waals surface area (Å²) in [6, 6.07) is 4.53. The molecule has 0 bridgehead atoms. The molecule has 1 fully saturated rings. The van der Waals surface area contributed by atoms with Gasteiger partial charge in [0.05, 0.1) is 6.54 Å². The molecule has 0 spiro atoms. The predicted octanol–water partition coefficient (Wildman–Crippen LogP) is 1.68. The Morgan fingerprint density at radius 3 is 2.94 bits per heavy atom. The van der Waals surface area contributed by atoms with E-state index >= 15 is 0 Å². The lowest BCUT2D eigenvalue weighted by Crippen LogP contribution is -2.19. The van der Waals surface area contributed by atoms with Crippen LogP contribution in [0.5, 0.6) is 0 Å². The molecule has 0 radical (unpaired) electrons. The molecule has 17 heavy (non-hydrogen) atoms. The van der Waals surface area contributed by atoms with Crippen LogP contribution in [0.15, 0.2) is 29.1 Å². The topological polar surface area (TPSA) is 55.6 Å². The smallest absolute Gasteiger partial charge is 0.155 e. The molecule has 6 heteroatoms. The quantitative estimate of drug-likeness (QED) is 0.932. The van der Waals surface area contributed by atoms with E-state index in [9.17, 15) is 0 Å². The predicted molar refractivity (Wildman–Crippen MR) is 66.7 cm³/mol. The second-order valence-electron chi connectivity index (χ2n) is 4.08. The minimum Gasteiger partial charge on any atom is -0.307 e. The highest BCUT2D eigenvalue weighted by Gasteiger charge is 2.21. The van der Waals surface area contributed by atoms with E-state index in [2.05, 4.69) is 36.3 Å². The number of rotatable bonds is 4. The van der Waals surface area contributed by atoms with E-state index < -0.39 is 0 Å². The maximum Gasteiger partial charge on any atom is 0.155 e. The molecule has 3 rings (SSSR count). The first-order valence-electron chi connectivity index (χ1n) is 5.57. The molecule has 5 nitrogen and oxygen atoms in total. The summed E-state index contributed by atoms with van der Waals surface area (Å²) in [5, 5.41) is 7.62. The van der Waals surface area contributed by atoms with Crippen LogP contribution in [-0.2, 0) is 6.54 Å². The van der Waals surface area contributed by atoms with Gasteiger partial charge in [0.25, 0.3) is 0 Å². The highest BCUT2D eigenvalue weighted by molar-refractivity contribution is 9.10. The van der Waals surface area contributed by atoms with Crippen LogP contribution in [0.1, 0.15) is 18.7 Å². The molecule has 2 heterocycles. The van der Waals surface area contributed by atoms with Crippen LogP contribution in [0.2, 0.25) is 0 Å². The number of nitrogens with zero attached hydrogens (tertiary/aromatic N) is 4. The third kappa shape index (κ3) is 2.53. The lowest BCUT2D eigenvalue weighted by molar-refractivity contribution is 0.634. The van der Waals surface area contributed by atoms with Gasteiger partial charge < -0.3 is 5.32 Å². The maximum absolute atomic E-state index is 4.31. The monoisotopic (exact) mass is 293 g/mol. The van der Waals surface area contributed by atoms with Gasteiger partial charge >= 0.3 is 0 Å². The van der Waals surface area contributed by atoms with Crippen LogP contribution in [0.4, 0.5) is 0 Å². The normalized spacial score (nSPS) is 15.1. The summed E-state index contributed by atoms with van der Waals surface area (Å²) >= 11 is 3.37. The highest BCUT2D eigenvalue weighted by atomic mass is 79.9. The van der Waals surface area contributed by atoms with Gasteiger partial charge in [0.2, 0.25) is 0 Å². The van der Waals surface area contributed by atoms with Crippen LogP contribution in [-0.4, -0.2) is 25.8 Å². The number of pyridine rings is 1. The molecular weight excluding hydrogens is 282 g/mol. The van der Waals surface area contributed by atoms with Crippen molar-refractivity contribution in [3.63, 3.8) is 0 Å². The van der Waals surface area contributed by atoms with Crippen molar-refractivity contribution in [2.45, 2.75) is 25.4 Å². The average Bonchev–Trinajstić information content (AvgIpc) is 3.06. The lowest BCUT2D eigenvalue weighted by atomic mass is 10.4. The third-order valence-electron chi connectivity index (χ3n) is 2.67. The second kappa shape index (κ2) is 4.54. The standard InChI is InChI=1S/C11H12BrN5/c12-8-1-4-10(14-5-8)17-11(15-7-16-17)6-13-9-2-3-9/h1,4-5,7,9,13H,2-3,6H2. The van der Waals surface area contributed by atoms with Gasteiger partial charge in [-0.05, 0) is 40.9 Å². The zero-order valence-corrected chi connectivity index (χ0v) is 10.8. The van der Waals surface area contributed by atoms with Crippen LogP contribution >= 0.6 is 15.9 Å². The zero-order chi connectivity index (χ0) is 11.7. The third-order valence-corrected chi connectivity index (χ3v) is 3.14. The second-order valence-corrected chi connectivity index (χ2v) is 4.99. The van der Waals surface area contributed by atoms with Gasteiger partial charge in [-0.25, -0.2) is 9.97 Å². The Balaban J connectivity index is 1.81. The molecular formula is C11H12BrN5. The molecule has 1 N–H and O–H groups in total. The lowest BCUT2D eigenvalue weighted by Gasteiger charge is -2.05. The van der Waals surface area contributed by atoms with Crippen molar-refractivity contribution in [2.24, 2.45) is 0 Å². The molecule has 0 aromatic carbocycles. The van der Waals surface area contributed by atoms with E-state index in [4.69, 9.17) is 0 Å². The Labute approximate surface area is 107 Å². The number of hydrogen-bond acceptors (Lipinski definition) is 4. The summed E-state index contributed by atoms with van der Waals surface area (Å²) < 4.78 is 2.72. The van der Waals surface area contributed by atoms with Crippen LogP contribution < -0.4 is 5.32 Å². The van der Waals surface area contributed by atoms with E-state index in [0.29, 0.717) is 6.04 Å². The van der Waals surface area contributed by atoms with Gasteiger partial charge in [-0.15, -0.1) is 0 Å². The minimum absolute atomic E-state index is 0.665. The number of aromatic nitrogens is 4. The maximum atomic E-state index is 4.31. The molecule has 2 aromatic rings. The van der Waals surface area contributed by atoms with Crippen molar-refractivity contribution in [2.75, 3.05) is 0 Å². The first kappa shape index (κ1) is 10.9. The molecule has 0 saturated heterocycles. The summed E-state index contributed by atoms with van der Waals surface area (Å²) in [5.74, 6) is 1.69. The van der Waals surface area contributed by atoms with E-state index in [0.717, 1.165) is 22.7 Å². The molecule has 0 aliphatic heterocycles. The summed E-state index contributed by atoms with van der Waals surface area (Å²) in [7, 11) is 0. The van der Waals surface area contributed by atoms with Gasteiger partial charge in [0.15, 0.2) is 5.82 Å². The van der Waals surface area contributed by atoms with Gasteiger partial charge in [-0.2, -0.15) is 9.78 Å². The first-order valence-corrected chi connectivity index (χ1v) is 6.36. The summed E-state index contributed by atoms with van der Waals surface area (Å²) in [5.41, 5.74) is 0. The SMILES string of the molecule is Brc1ccc(-n2ncnc2CNC2CC2)nc1. The highest BCUT2D eigenvalue weighted by Crippen LogP contribution is 2.19. The molecule has 1 aliphatic rings. The molecule has 0 atom stereocenters. The van der Waals surface area contributed by atoms with Gasteiger partial charge in [0.1, 0.15) is 12.2 Å². The molecule has 1 saturated carbocycles. The van der Waals surface area contributed by atoms with Crippen molar-refractivity contribution in [3.8, 4) is 5.82 Å². The van der Waals surface area contributed by atoms with Crippen LogP contribution in [0, 0.1) is 0 Å². The van der Waals surface area contributed by atoms with Crippen molar-refractivity contribution in [3.05, 3.63) is 35.0 Å². The molecule has 0 amide bonds. The summed E-state index contributed by atoms with van der Waals surface area (Å²) in [6.45, 7) is 0.739. The Hall–Kier alpha value is -1.27. The fourth-order valence-electron chi connectivity index (χ4n) is 1.59. The van der Waals surface area contributed by atoms with Crippen molar-refractivity contribution in [1.29, 1.82) is 0 Å². The summed E-state index contributed by atoms with van der Waals surface area (Å²) in [4.78, 5) is 8.56. The van der Waals surface area contributed by atoms with Crippen molar-refractivity contribution < 1.29 is 0 Å². The summed E-state index contributed by atoms with van der Waals surface area (Å²) in [6.07, 6.45) is 5.86. The van der Waals surface area contributed by atoms with Crippen LogP contribution in [0.3, 0.4) is 0 Å².